The van der Waals surface area contributed by atoms with Gasteiger partial charge in [-0.1, -0.05) is 18.2 Å². The Balaban J connectivity index is 1.59. The molecule has 5 heteroatoms. The molecule has 2 aliphatic rings. The molecule has 0 amide bonds. The Kier molecular flexibility index (Phi) is 6.05. The first-order valence-electron chi connectivity index (χ1n) is 11.7. The molecule has 0 fully saturated rings. The lowest BCUT2D eigenvalue weighted by Crippen LogP contribution is -2.19. The molecule has 5 rings (SSSR count). The second kappa shape index (κ2) is 9.15. The van der Waals surface area contributed by atoms with Gasteiger partial charge < -0.3 is 19.1 Å². The van der Waals surface area contributed by atoms with Crippen LogP contribution in [0.2, 0.25) is 0 Å². The number of ether oxygens (including phenoxy) is 3. The van der Waals surface area contributed by atoms with E-state index in [1.165, 1.54) is 29.4 Å². The first kappa shape index (κ1) is 22.5. The van der Waals surface area contributed by atoms with E-state index in [0.29, 0.717) is 6.61 Å². The van der Waals surface area contributed by atoms with Crippen LogP contribution in [0.4, 0.5) is 4.39 Å². The van der Waals surface area contributed by atoms with Crippen molar-refractivity contribution in [3.8, 4) is 17.2 Å². The van der Waals surface area contributed by atoms with E-state index in [9.17, 15) is 4.39 Å². The molecule has 1 atom stereocenters. The van der Waals surface area contributed by atoms with Gasteiger partial charge in [0.25, 0.3) is 0 Å². The van der Waals surface area contributed by atoms with E-state index in [-0.39, 0.29) is 17.5 Å². The molecular weight excluding hydrogens is 429 g/mol. The minimum absolute atomic E-state index is 0.0475. The third kappa shape index (κ3) is 3.94. The molecule has 1 unspecified atom stereocenters. The van der Waals surface area contributed by atoms with E-state index >= 15 is 0 Å². The number of hydrogen-bond donors (Lipinski definition) is 0. The molecule has 2 aliphatic carbocycles. The third-order valence-electron chi connectivity index (χ3n) is 6.84. The summed E-state index contributed by atoms with van der Waals surface area (Å²) in [6, 6.07) is 18.1. The normalized spacial score (nSPS) is 16.2. The highest BCUT2D eigenvalue weighted by molar-refractivity contribution is 6.03. The van der Waals surface area contributed by atoms with Gasteiger partial charge in [0.15, 0.2) is 11.6 Å². The second-order valence-electron chi connectivity index (χ2n) is 9.14. The summed E-state index contributed by atoms with van der Waals surface area (Å²) in [5.41, 5.74) is 8.23. The Bertz CT molecular complexity index is 1250. The molecule has 3 aromatic carbocycles. The van der Waals surface area contributed by atoms with Crippen LogP contribution in [0.15, 0.2) is 54.6 Å². The predicted octanol–water partition coefficient (Wildman–Crippen LogP) is 5.79. The highest BCUT2D eigenvalue weighted by Crippen LogP contribution is 2.55. The van der Waals surface area contributed by atoms with Gasteiger partial charge in [0.05, 0.1) is 14.2 Å². The van der Waals surface area contributed by atoms with E-state index in [4.69, 9.17) is 14.2 Å². The van der Waals surface area contributed by atoms with Crippen LogP contribution in [0.1, 0.15) is 40.2 Å². The minimum Gasteiger partial charge on any atom is -0.497 e. The number of aryl methyl sites for hydroxylation is 1. The molecule has 0 N–H and O–H groups in total. The fourth-order valence-electron chi connectivity index (χ4n) is 5.16. The number of methoxy groups -OCH3 is 2. The Hall–Kier alpha value is -3.31. The minimum atomic E-state index is -0.329. The predicted molar refractivity (Wildman–Crippen MR) is 133 cm³/mol. The Morgan fingerprint density at radius 2 is 1.65 bits per heavy atom. The van der Waals surface area contributed by atoms with Gasteiger partial charge in [-0.2, -0.15) is 0 Å². The second-order valence-corrected chi connectivity index (χ2v) is 9.14. The monoisotopic (exact) mass is 459 g/mol. The maximum Gasteiger partial charge on any atom is 0.165 e. The first-order valence-corrected chi connectivity index (χ1v) is 11.7. The number of fused-ring (bicyclic) bond motifs is 4. The smallest absolute Gasteiger partial charge is 0.165 e. The number of allylic oxidation sites excluding steroid dienone is 2. The highest BCUT2D eigenvalue weighted by Gasteiger charge is 2.37. The van der Waals surface area contributed by atoms with Crippen molar-refractivity contribution in [2.45, 2.75) is 18.8 Å². The summed E-state index contributed by atoms with van der Waals surface area (Å²) in [5, 5.41) is 0. The van der Waals surface area contributed by atoms with Gasteiger partial charge in [-0.3, -0.25) is 0 Å². The SMILES string of the molecule is COc1ccc2c(c1)CCC1=C2C(c2ccc(OCCN(C)C)cc2)c2cc(F)c(OC)cc21. The van der Waals surface area contributed by atoms with Gasteiger partial charge in [-0.05, 0) is 102 Å². The first-order chi connectivity index (χ1) is 16.5. The maximum atomic E-state index is 14.9. The van der Waals surface area contributed by atoms with Crippen molar-refractivity contribution in [3.05, 3.63) is 88.2 Å². The summed E-state index contributed by atoms with van der Waals surface area (Å²) >= 11 is 0. The number of halogens is 1. The largest absolute Gasteiger partial charge is 0.497 e. The van der Waals surface area contributed by atoms with E-state index in [0.717, 1.165) is 47.6 Å². The number of rotatable bonds is 7. The zero-order valence-electron chi connectivity index (χ0n) is 20.2. The van der Waals surface area contributed by atoms with Crippen LogP contribution in [0.25, 0.3) is 11.1 Å². The van der Waals surface area contributed by atoms with Crippen LogP contribution in [-0.4, -0.2) is 46.4 Å². The highest BCUT2D eigenvalue weighted by atomic mass is 19.1. The van der Waals surface area contributed by atoms with Crippen molar-refractivity contribution >= 4 is 11.1 Å². The van der Waals surface area contributed by atoms with Crippen LogP contribution in [0, 0.1) is 5.82 Å². The molecule has 0 saturated heterocycles. The standard InChI is InChI=1S/C29H30FNO3/c1-31(2)13-14-34-20-8-5-18(6-9-20)28-25-16-26(30)27(33-4)17-24(25)23-11-7-19-15-21(32-3)10-12-22(19)29(23)28/h5-6,8-10,12,15-17,28H,7,11,13-14H2,1-4H3. The maximum absolute atomic E-state index is 14.9. The van der Waals surface area contributed by atoms with E-state index < -0.39 is 0 Å². The summed E-state index contributed by atoms with van der Waals surface area (Å²) in [5.74, 6) is 1.62. The van der Waals surface area contributed by atoms with Crippen LogP contribution in [0.3, 0.4) is 0 Å². The van der Waals surface area contributed by atoms with E-state index in [1.807, 2.05) is 38.4 Å². The molecule has 0 saturated carbocycles. The quantitative estimate of drug-likeness (QED) is 0.448. The topological polar surface area (TPSA) is 30.9 Å². The van der Waals surface area contributed by atoms with Gasteiger partial charge in [-0.15, -0.1) is 0 Å². The average Bonchev–Trinajstić information content (AvgIpc) is 3.16. The molecule has 176 valence electrons. The van der Waals surface area contributed by atoms with Gasteiger partial charge in [0, 0.05) is 12.5 Å². The summed E-state index contributed by atoms with van der Waals surface area (Å²) in [6.07, 6.45) is 1.83. The Morgan fingerprint density at radius 1 is 0.882 bits per heavy atom. The lowest BCUT2D eigenvalue weighted by atomic mass is 9.79. The fourth-order valence-corrected chi connectivity index (χ4v) is 5.16. The average molecular weight is 460 g/mol. The summed E-state index contributed by atoms with van der Waals surface area (Å²) in [4.78, 5) is 2.09. The van der Waals surface area contributed by atoms with Crippen molar-refractivity contribution in [3.63, 3.8) is 0 Å². The molecule has 0 bridgehead atoms. The van der Waals surface area contributed by atoms with Crippen molar-refractivity contribution < 1.29 is 18.6 Å². The summed E-state index contributed by atoms with van der Waals surface area (Å²) in [7, 11) is 7.27. The van der Waals surface area contributed by atoms with Crippen LogP contribution >= 0.6 is 0 Å². The zero-order valence-corrected chi connectivity index (χ0v) is 20.2. The van der Waals surface area contributed by atoms with Gasteiger partial charge >= 0.3 is 0 Å². The van der Waals surface area contributed by atoms with Gasteiger partial charge in [-0.25, -0.2) is 4.39 Å². The number of hydrogen-bond acceptors (Lipinski definition) is 4. The molecule has 0 spiro atoms. The zero-order chi connectivity index (χ0) is 23.8. The Morgan fingerprint density at radius 3 is 2.35 bits per heavy atom. The summed E-state index contributed by atoms with van der Waals surface area (Å²) in [6.45, 7) is 1.49. The molecule has 0 radical (unpaired) electrons. The molecular formula is C29H30FNO3. The van der Waals surface area contributed by atoms with Crippen LogP contribution < -0.4 is 14.2 Å². The van der Waals surface area contributed by atoms with Crippen LogP contribution in [-0.2, 0) is 6.42 Å². The molecule has 34 heavy (non-hydrogen) atoms. The third-order valence-corrected chi connectivity index (χ3v) is 6.84. The van der Waals surface area contributed by atoms with Gasteiger partial charge in [0.1, 0.15) is 18.1 Å². The number of nitrogens with zero attached hydrogens (tertiary/aromatic N) is 1. The van der Waals surface area contributed by atoms with Gasteiger partial charge in [0.2, 0.25) is 0 Å². The lowest BCUT2D eigenvalue weighted by Gasteiger charge is -2.24. The summed E-state index contributed by atoms with van der Waals surface area (Å²) < 4.78 is 31.6. The molecule has 3 aromatic rings. The van der Waals surface area contributed by atoms with Crippen molar-refractivity contribution in [2.75, 3.05) is 41.5 Å². The molecule has 0 aliphatic heterocycles. The number of benzene rings is 3. The molecule has 0 heterocycles. The molecule has 4 nitrogen and oxygen atoms in total. The van der Waals surface area contributed by atoms with E-state index in [1.54, 1.807) is 13.2 Å². The van der Waals surface area contributed by atoms with Crippen molar-refractivity contribution in [1.82, 2.24) is 4.90 Å². The van der Waals surface area contributed by atoms with Crippen molar-refractivity contribution in [1.29, 1.82) is 0 Å². The Labute approximate surface area is 200 Å². The van der Waals surface area contributed by atoms with Crippen LogP contribution in [0.5, 0.6) is 17.2 Å². The lowest BCUT2D eigenvalue weighted by molar-refractivity contribution is 0.261. The van der Waals surface area contributed by atoms with Crippen molar-refractivity contribution in [2.24, 2.45) is 0 Å². The fraction of sp³-hybridized carbons (Fsp3) is 0.310. The number of likely N-dealkylation sites (N-methyl/N-ethyl adjacent to an activating group) is 1. The van der Waals surface area contributed by atoms with E-state index in [2.05, 4.69) is 29.2 Å². The molecule has 0 aromatic heterocycles.